The third-order valence-electron chi connectivity index (χ3n) is 3.86. The lowest BCUT2D eigenvalue weighted by Crippen LogP contribution is -2.23. The monoisotopic (exact) mass is 340 g/mol. The Bertz CT molecular complexity index is 917. The summed E-state index contributed by atoms with van der Waals surface area (Å²) in [5, 5.41) is 0.293. The van der Waals surface area contributed by atoms with Gasteiger partial charge < -0.3 is 9.30 Å². The van der Waals surface area contributed by atoms with E-state index in [0.717, 1.165) is 22.4 Å². The maximum Gasteiger partial charge on any atom is 0.277 e. The molecular formula is C19H17ClN2O2. The lowest BCUT2D eigenvalue weighted by Gasteiger charge is -2.11. The number of aromatic nitrogens is 2. The van der Waals surface area contributed by atoms with Crippen LogP contribution in [0.15, 0.2) is 59.5 Å². The normalized spacial score (nSPS) is 10.6. The van der Waals surface area contributed by atoms with Crippen molar-refractivity contribution in [2.45, 2.75) is 13.5 Å². The zero-order chi connectivity index (χ0) is 17.1. The van der Waals surface area contributed by atoms with Crippen molar-refractivity contribution in [1.29, 1.82) is 0 Å². The standard InChI is InChI=1S/C19H17ClN2O2/c1-13-5-3-4-6-16(13)18-19(23)22(12-17(20)21-18)11-14-7-9-15(24-2)10-8-14/h3-10,12H,11H2,1-2H3. The lowest BCUT2D eigenvalue weighted by atomic mass is 10.1. The first kappa shape index (κ1) is 16.3. The number of ether oxygens (including phenoxy) is 1. The van der Waals surface area contributed by atoms with Crippen LogP contribution < -0.4 is 10.3 Å². The molecule has 0 saturated carbocycles. The molecular weight excluding hydrogens is 324 g/mol. The quantitative estimate of drug-likeness (QED) is 0.722. The summed E-state index contributed by atoms with van der Waals surface area (Å²) < 4.78 is 6.73. The maximum atomic E-state index is 12.8. The third kappa shape index (κ3) is 3.34. The fourth-order valence-corrected chi connectivity index (χ4v) is 2.77. The predicted molar refractivity (Wildman–Crippen MR) is 95.8 cm³/mol. The van der Waals surface area contributed by atoms with Crippen molar-refractivity contribution in [2.24, 2.45) is 0 Å². The van der Waals surface area contributed by atoms with Crippen LogP contribution in [0.3, 0.4) is 0 Å². The molecule has 0 radical (unpaired) electrons. The first-order chi connectivity index (χ1) is 11.6. The Balaban J connectivity index is 2.03. The molecule has 0 amide bonds. The highest BCUT2D eigenvalue weighted by atomic mass is 35.5. The Morgan fingerprint density at radius 1 is 1.12 bits per heavy atom. The molecule has 122 valence electrons. The van der Waals surface area contributed by atoms with Crippen LogP contribution in [0, 0.1) is 6.92 Å². The average Bonchev–Trinajstić information content (AvgIpc) is 2.59. The van der Waals surface area contributed by atoms with Gasteiger partial charge in [-0.25, -0.2) is 4.98 Å². The molecule has 0 aliphatic heterocycles. The molecule has 1 aromatic heterocycles. The minimum absolute atomic E-state index is 0.162. The Labute approximate surface area is 145 Å². The SMILES string of the molecule is COc1ccc(Cn2cc(Cl)nc(-c3ccccc3C)c2=O)cc1. The summed E-state index contributed by atoms with van der Waals surface area (Å²) in [7, 11) is 1.62. The van der Waals surface area contributed by atoms with Gasteiger partial charge in [-0.3, -0.25) is 4.79 Å². The molecule has 0 saturated heterocycles. The van der Waals surface area contributed by atoms with E-state index in [4.69, 9.17) is 16.3 Å². The summed E-state index contributed by atoms with van der Waals surface area (Å²) in [6, 6.07) is 15.2. The largest absolute Gasteiger partial charge is 0.497 e. The summed E-state index contributed by atoms with van der Waals surface area (Å²) in [5.41, 5.74) is 2.98. The summed E-state index contributed by atoms with van der Waals surface area (Å²) in [6.45, 7) is 2.37. The average molecular weight is 341 g/mol. The number of halogens is 1. The highest BCUT2D eigenvalue weighted by Crippen LogP contribution is 2.20. The van der Waals surface area contributed by atoms with Gasteiger partial charge in [-0.15, -0.1) is 0 Å². The Morgan fingerprint density at radius 2 is 1.83 bits per heavy atom. The molecule has 0 unspecified atom stereocenters. The van der Waals surface area contributed by atoms with Crippen molar-refractivity contribution < 1.29 is 4.74 Å². The van der Waals surface area contributed by atoms with Gasteiger partial charge in [-0.2, -0.15) is 0 Å². The van der Waals surface area contributed by atoms with Gasteiger partial charge in [0.15, 0.2) is 0 Å². The number of hydrogen-bond acceptors (Lipinski definition) is 3. The predicted octanol–water partition coefficient (Wildman–Crippen LogP) is 3.93. The Morgan fingerprint density at radius 3 is 2.50 bits per heavy atom. The first-order valence-corrected chi connectivity index (χ1v) is 7.92. The molecule has 0 N–H and O–H groups in total. The van der Waals surface area contributed by atoms with Crippen molar-refractivity contribution in [3.63, 3.8) is 0 Å². The number of aryl methyl sites for hydroxylation is 1. The zero-order valence-corrected chi connectivity index (χ0v) is 14.2. The topological polar surface area (TPSA) is 44.1 Å². The summed E-state index contributed by atoms with van der Waals surface area (Å²) in [6.07, 6.45) is 1.57. The summed E-state index contributed by atoms with van der Waals surface area (Å²) >= 11 is 6.15. The van der Waals surface area contributed by atoms with Crippen LogP contribution in [0.2, 0.25) is 5.15 Å². The lowest BCUT2D eigenvalue weighted by molar-refractivity contribution is 0.414. The fraction of sp³-hybridized carbons (Fsp3) is 0.158. The zero-order valence-electron chi connectivity index (χ0n) is 13.5. The second kappa shape index (κ2) is 6.89. The number of methoxy groups -OCH3 is 1. The highest BCUT2D eigenvalue weighted by Gasteiger charge is 2.12. The molecule has 5 heteroatoms. The van der Waals surface area contributed by atoms with Gasteiger partial charge >= 0.3 is 0 Å². The van der Waals surface area contributed by atoms with E-state index in [-0.39, 0.29) is 5.56 Å². The first-order valence-electron chi connectivity index (χ1n) is 7.54. The van der Waals surface area contributed by atoms with Gasteiger partial charge in [0.2, 0.25) is 0 Å². The Hall–Kier alpha value is -2.59. The third-order valence-corrected chi connectivity index (χ3v) is 4.04. The van der Waals surface area contributed by atoms with Crippen molar-refractivity contribution in [3.05, 3.63) is 81.4 Å². The molecule has 3 rings (SSSR count). The molecule has 0 aliphatic carbocycles. The van der Waals surface area contributed by atoms with Gasteiger partial charge in [0.1, 0.15) is 16.6 Å². The van der Waals surface area contributed by atoms with E-state index >= 15 is 0 Å². The van der Waals surface area contributed by atoms with Crippen molar-refractivity contribution >= 4 is 11.6 Å². The number of rotatable bonds is 4. The van der Waals surface area contributed by atoms with Gasteiger partial charge in [0.05, 0.1) is 13.7 Å². The molecule has 24 heavy (non-hydrogen) atoms. The van der Waals surface area contributed by atoms with Crippen LogP contribution in [0.25, 0.3) is 11.3 Å². The number of hydrogen-bond donors (Lipinski definition) is 0. The minimum atomic E-state index is -0.162. The summed E-state index contributed by atoms with van der Waals surface area (Å²) in [4.78, 5) is 17.1. The van der Waals surface area contributed by atoms with Crippen LogP contribution in [-0.4, -0.2) is 16.7 Å². The smallest absolute Gasteiger partial charge is 0.277 e. The molecule has 4 nitrogen and oxygen atoms in total. The van der Waals surface area contributed by atoms with Gasteiger partial charge in [-0.1, -0.05) is 48.0 Å². The van der Waals surface area contributed by atoms with Crippen LogP contribution >= 0.6 is 11.6 Å². The molecule has 0 fully saturated rings. The highest BCUT2D eigenvalue weighted by molar-refractivity contribution is 6.29. The van der Waals surface area contributed by atoms with Crippen molar-refractivity contribution in [3.8, 4) is 17.0 Å². The molecule has 0 aliphatic rings. The fourth-order valence-electron chi connectivity index (χ4n) is 2.57. The van der Waals surface area contributed by atoms with Crippen LogP contribution in [0.4, 0.5) is 0 Å². The van der Waals surface area contributed by atoms with E-state index in [0.29, 0.717) is 17.4 Å². The molecule has 0 atom stereocenters. The van der Waals surface area contributed by atoms with Gasteiger partial charge in [-0.05, 0) is 30.2 Å². The van der Waals surface area contributed by atoms with E-state index in [2.05, 4.69) is 4.98 Å². The summed E-state index contributed by atoms with van der Waals surface area (Å²) in [5.74, 6) is 0.777. The maximum absolute atomic E-state index is 12.8. The van der Waals surface area contributed by atoms with E-state index in [1.54, 1.807) is 17.9 Å². The van der Waals surface area contributed by atoms with Crippen molar-refractivity contribution in [2.75, 3.05) is 7.11 Å². The molecule has 1 heterocycles. The van der Waals surface area contributed by atoms with E-state index in [1.165, 1.54) is 0 Å². The molecule has 0 spiro atoms. The number of benzene rings is 2. The van der Waals surface area contributed by atoms with E-state index in [1.807, 2.05) is 55.5 Å². The van der Waals surface area contributed by atoms with Crippen molar-refractivity contribution in [1.82, 2.24) is 9.55 Å². The second-order valence-electron chi connectivity index (χ2n) is 5.51. The van der Waals surface area contributed by atoms with E-state index in [9.17, 15) is 4.79 Å². The Kier molecular flexibility index (Phi) is 4.67. The molecule has 3 aromatic rings. The number of nitrogens with zero attached hydrogens (tertiary/aromatic N) is 2. The minimum Gasteiger partial charge on any atom is -0.497 e. The second-order valence-corrected chi connectivity index (χ2v) is 5.90. The molecule has 0 bridgehead atoms. The van der Waals surface area contributed by atoms with Crippen LogP contribution in [0.1, 0.15) is 11.1 Å². The van der Waals surface area contributed by atoms with Gasteiger partial charge in [0, 0.05) is 11.8 Å². The van der Waals surface area contributed by atoms with Gasteiger partial charge in [0.25, 0.3) is 5.56 Å². The van der Waals surface area contributed by atoms with Crippen LogP contribution in [0.5, 0.6) is 5.75 Å². The molecule has 2 aromatic carbocycles. The van der Waals surface area contributed by atoms with E-state index < -0.39 is 0 Å². The van der Waals surface area contributed by atoms with Crippen LogP contribution in [-0.2, 0) is 6.54 Å².